The fraction of sp³-hybridized carbons (Fsp3) is 0.650. The van der Waals surface area contributed by atoms with E-state index in [0.29, 0.717) is 36.7 Å². The fourth-order valence-electron chi connectivity index (χ4n) is 4.28. The first-order valence-electron chi connectivity index (χ1n) is 9.21. The molecule has 6 heteroatoms. The molecular weight excluding hydrogens is 352 g/mol. The van der Waals surface area contributed by atoms with E-state index < -0.39 is 0 Å². The number of fused-ring (bicyclic) bond motifs is 2. The SMILES string of the molecule is COc1cc(C)c(CN(C)C(=O)CC2CC3CCC(C2)N3)cc1OC.Cl. The maximum absolute atomic E-state index is 12.7. The summed E-state index contributed by atoms with van der Waals surface area (Å²) in [5, 5.41) is 3.64. The highest BCUT2D eigenvalue weighted by Gasteiger charge is 2.34. The van der Waals surface area contributed by atoms with Gasteiger partial charge in [-0.3, -0.25) is 4.79 Å². The van der Waals surface area contributed by atoms with Gasteiger partial charge in [0.25, 0.3) is 0 Å². The van der Waals surface area contributed by atoms with Crippen LogP contribution in [0.25, 0.3) is 0 Å². The maximum Gasteiger partial charge on any atom is 0.222 e. The summed E-state index contributed by atoms with van der Waals surface area (Å²) in [5.41, 5.74) is 2.20. The summed E-state index contributed by atoms with van der Waals surface area (Å²) in [4.78, 5) is 14.5. The van der Waals surface area contributed by atoms with Crippen LogP contribution in [-0.2, 0) is 11.3 Å². The summed E-state index contributed by atoms with van der Waals surface area (Å²) in [6, 6.07) is 5.21. The van der Waals surface area contributed by atoms with Crippen LogP contribution in [0.3, 0.4) is 0 Å². The van der Waals surface area contributed by atoms with Crippen LogP contribution in [0.5, 0.6) is 11.5 Å². The Hall–Kier alpha value is -1.46. The van der Waals surface area contributed by atoms with Crippen LogP contribution < -0.4 is 14.8 Å². The highest BCUT2D eigenvalue weighted by molar-refractivity contribution is 5.85. The second kappa shape index (κ2) is 8.96. The molecule has 0 aliphatic carbocycles. The summed E-state index contributed by atoms with van der Waals surface area (Å²) in [5.74, 6) is 2.20. The summed E-state index contributed by atoms with van der Waals surface area (Å²) in [7, 11) is 5.17. The van der Waals surface area contributed by atoms with Gasteiger partial charge in [-0.15, -0.1) is 12.4 Å². The fourth-order valence-corrected chi connectivity index (χ4v) is 4.28. The molecule has 1 N–H and O–H groups in total. The van der Waals surface area contributed by atoms with Crippen LogP contribution in [0, 0.1) is 12.8 Å². The molecule has 1 amide bonds. The topological polar surface area (TPSA) is 50.8 Å². The minimum atomic E-state index is 0. The molecule has 2 aliphatic rings. The van der Waals surface area contributed by atoms with Gasteiger partial charge >= 0.3 is 0 Å². The van der Waals surface area contributed by atoms with Crippen molar-refractivity contribution in [1.29, 1.82) is 0 Å². The molecule has 5 nitrogen and oxygen atoms in total. The number of hydrogen-bond donors (Lipinski definition) is 1. The molecule has 3 rings (SSSR count). The number of hydrogen-bond acceptors (Lipinski definition) is 4. The molecule has 2 bridgehead atoms. The van der Waals surface area contributed by atoms with Gasteiger partial charge in [-0.1, -0.05) is 0 Å². The number of amides is 1. The van der Waals surface area contributed by atoms with Crippen molar-refractivity contribution >= 4 is 18.3 Å². The number of aryl methyl sites for hydroxylation is 1. The van der Waals surface area contributed by atoms with E-state index in [4.69, 9.17) is 9.47 Å². The molecule has 0 saturated carbocycles. The molecule has 2 fully saturated rings. The van der Waals surface area contributed by atoms with Crippen molar-refractivity contribution in [3.05, 3.63) is 23.3 Å². The zero-order chi connectivity index (χ0) is 18.0. The zero-order valence-electron chi connectivity index (χ0n) is 16.2. The van der Waals surface area contributed by atoms with Crippen molar-refractivity contribution in [1.82, 2.24) is 10.2 Å². The van der Waals surface area contributed by atoms with Crippen molar-refractivity contribution in [3.8, 4) is 11.5 Å². The highest BCUT2D eigenvalue weighted by atomic mass is 35.5. The molecule has 2 saturated heterocycles. The highest BCUT2D eigenvalue weighted by Crippen LogP contribution is 2.33. The molecule has 2 heterocycles. The van der Waals surface area contributed by atoms with Crippen LogP contribution in [-0.4, -0.2) is 44.2 Å². The number of nitrogens with one attached hydrogen (secondary N) is 1. The lowest BCUT2D eigenvalue weighted by Crippen LogP contribution is -2.40. The lowest BCUT2D eigenvalue weighted by Gasteiger charge is -2.30. The molecule has 2 atom stereocenters. The first-order chi connectivity index (χ1) is 12.0. The van der Waals surface area contributed by atoms with Gasteiger partial charge in [0.1, 0.15) is 0 Å². The number of rotatable bonds is 6. The second-order valence-corrected chi connectivity index (χ2v) is 7.56. The Kier molecular flexibility index (Phi) is 7.18. The van der Waals surface area contributed by atoms with Gasteiger partial charge in [0.2, 0.25) is 5.91 Å². The van der Waals surface area contributed by atoms with Crippen molar-refractivity contribution < 1.29 is 14.3 Å². The Labute approximate surface area is 162 Å². The average Bonchev–Trinajstić information content (AvgIpc) is 2.94. The van der Waals surface area contributed by atoms with E-state index >= 15 is 0 Å². The number of carbonyl (C=O) groups is 1. The number of methoxy groups -OCH3 is 2. The predicted molar refractivity (Wildman–Crippen MR) is 105 cm³/mol. The smallest absolute Gasteiger partial charge is 0.222 e. The molecule has 2 aliphatic heterocycles. The van der Waals surface area contributed by atoms with Crippen molar-refractivity contribution in [3.63, 3.8) is 0 Å². The lowest BCUT2D eigenvalue weighted by molar-refractivity contribution is -0.131. The van der Waals surface area contributed by atoms with Gasteiger partial charge < -0.3 is 19.7 Å². The number of halogens is 1. The van der Waals surface area contributed by atoms with Gasteiger partial charge in [-0.2, -0.15) is 0 Å². The molecule has 146 valence electrons. The van der Waals surface area contributed by atoms with E-state index in [9.17, 15) is 4.79 Å². The Bertz CT molecular complexity index is 626. The van der Waals surface area contributed by atoms with Crippen LogP contribution in [0.4, 0.5) is 0 Å². The quantitative estimate of drug-likeness (QED) is 0.820. The van der Waals surface area contributed by atoms with Crippen LogP contribution in [0.2, 0.25) is 0 Å². The van der Waals surface area contributed by atoms with Crippen molar-refractivity contribution in [2.75, 3.05) is 21.3 Å². The van der Waals surface area contributed by atoms with E-state index in [0.717, 1.165) is 29.7 Å². The van der Waals surface area contributed by atoms with Gasteiger partial charge in [0.15, 0.2) is 11.5 Å². The average molecular weight is 383 g/mol. The third-order valence-corrected chi connectivity index (χ3v) is 5.71. The van der Waals surface area contributed by atoms with Gasteiger partial charge in [-0.25, -0.2) is 0 Å². The first kappa shape index (κ1) is 20.8. The molecule has 2 unspecified atom stereocenters. The maximum atomic E-state index is 12.7. The number of ether oxygens (including phenoxy) is 2. The van der Waals surface area contributed by atoms with Crippen LogP contribution in [0.1, 0.15) is 43.2 Å². The first-order valence-corrected chi connectivity index (χ1v) is 9.21. The van der Waals surface area contributed by atoms with Gasteiger partial charge in [-0.05, 0) is 61.8 Å². The number of piperidine rings is 1. The van der Waals surface area contributed by atoms with E-state index in [1.807, 2.05) is 31.0 Å². The monoisotopic (exact) mass is 382 g/mol. The molecule has 0 radical (unpaired) electrons. The zero-order valence-corrected chi connectivity index (χ0v) is 17.0. The van der Waals surface area contributed by atoms with E-state index in [1.165, 1.54) is 12.8 Å². The van der Waals surface area contributed by atoms with Crippen LogP contribution >= 0.6 is 12.4 Å². The molecule has 26 heavy (non-hydrogen) atoms. The van der Waals surface area contributed by atoms with Crippen molar-refractivity contribution in [2.45, 2.75) is 57.7 Å². The van der Waals surface area contributed by atoms with Crippen molar-refractivity contribution in [2.24, 2.45) is 5.92 Å². The molecule has 1 aromatic carbocycles. The van der Waals surface area contributed by atoms with E-state index in [-0.39, 0.29) is 18.3 Å². The summed E-state index contributed by atoms with van der Waals surface area (Å²) >= 11 is 0. The summed E-state index contributed by atoms with van der Waals surface area (Å²) < 4.78 is 10.7. The van der Waals surface area contributed by atoms with Gasteiger partial charge in [0.05, 0.1) is 14.2 Å². The Balaban J connectivity index is 0.00000243. The minimum absolute atomic E-state index is 0. The normalized spacial score (nSPS) is 23.9. The summed E-state index contributed by atoms with van der Waals surface area (Å²) in [6.07, 6.45) is 5.50. The molecule has 0 spiro atoms. The van der Waals surface area contributed by atoms with Gasteiger partial charge in [0, 0.05) is 32.1 Å². The Morgan fingerprint density at radius 1 is 1.15 bits per heavy atom. The third-order valence-electron chi connectivity index (χ3n) is 5.71. The minimum Gasteiger partial charge on any atom is -0.493 e. The number of benzene rings is 1. The van der Waals surface area contributed by atoms with Crippen LogP contribution in [0.15, 0.2) is 12.1 Å². The Morgan fingerprint density at radius 3 is 2.31 bits per heavy atom. The van der Waals surface area contributed by atoms with E-state index in [2.05, 4.69) is 5.32 Å². The third kappa shape index (κ3) is 4.63. The number of carbonyl (C=O) groups excluding carboxylic acids is 1. The second-order valence-electron chi connectivity index (χ2n) is 7.56. The molecule has 1 aromatic rings. The summed E-state index contributed by atoms with van der Waals surface area (Å²) in [6.45, 7) is 2.64. The largest absolute Gasteiger partial charge is 0.493 e. The van der Waals surface area contributed by atoms with E-state index in [1.54, 1.807) is 14.2 Å². The standard InChI is InChI=1S/C20H30N2O3.ClH/c1-13-7-18(24-3)19(25-4)11-15(13)12-22(2)20(23)10-14-8-16-5-6-17(9-14)21-16;/h7,11,14,16-17,21H,5-6,8-10,12H2,1-4H3;1H. The Morgan fingerprint density at radius 2 is 1.73 bits per heavy atom. The molecule has 0 aromatic heterocycles. The number of nitrogens with zero attached hydrogens (tertiary/aromatic N) is 1. The molecular formula is C20H31ClN2O3. The lowest BCUT2D eigenvalue weighted by atomic mass is 9.89. The predicted octanol–water partition coefficient (Wildman–Crippen LogP) is 3.31.